The first kappa shape index (κ1) is 22.1. The highest BCUT2D eigenvalue weighted by molar-refractivity contribution is 6.32. The number of halogens is 2. The summed E-state index contributed by atoms with van der Waals surface area (Å²) >= 11 is 12.6. The number of ether oxygens (including phenoxy) is 1. The molecule has 0 fully saturated rings. The Labute approximate surface area is 206 Å². The minimum absolute atomic E-state index is 0.339. The number of pyridine rings is 1. The van der Waals surface area contributed by atoms with Crippen LogP contribution < -0.4 is 10.2 Å². The third kappa shape index (κ3) is 4.64. The van der Waals surface area contributed by atoms with Crippen LogP contribution in [0.4, 0.5) is 5.95 Å². The fraction of sp³-hybridized carbons (Fsp3) is 0.0769. The first-order valence-electron chi connectivity index (χ1n) is 10.7. The number of hydrogen-bond donors (Lipinski definition) is 1. The van der Waals surface area contributed by atoms with Crippen LogP contribution in [-0.2, 0) is 0 Å². The average molecular weight is 488 g/mol. The molecule has 5 aromatic rings. The molecule has 5 rings (SSSR count). The quantitative estimate of drug-likeness (QED) is 0.158. The van der Waals surface area contributed by atoms with Crippen LogP contribution in [0.25, 0.3) is 33.1 Å². The predicted molar refractivity (Wildman–Crippen MR) is 139 cm³/mol. The van der Waals surface area contributed by atoms with Gasteiger partial charge in [0, 0.05) is 33.0 Å². The van der Waals surface area contributed by atoms with Crippen molar-refractivity contribution in [3.05, 3.63) is 88.5 Å². The molecule has 0 unspecified atom stereocenters. The van der Waals surface area contributed by atoms with Crippen molar-refractivity contribution in [2.24, 2.45) is 5.10 Å². The fourth-order valence-corrected chi connectivity index (χ4v) is 3.98. The number of hydrogen-bond acceptors (Lipinski definition) is 6. The molecule has 0 bridgehead atoms. The molecule has 0 atom stereocenters. The van der Waals surface area contributed by atoms with E-state index in [0.29, 0.717) is 28.3 Å². The molecular weight excluding hydrogens is 469 g/mol. The second-order valence-electron chi connectivity index (χ2n) is 7.45. The largest absolute Gasteiger partial charge is 0.494 e. The zero-order chi connectivity index (χ0) is 23.5. The summed E-state index contributed by atoms with van der Waals surface area (Å²) in [6.45, 7) is 2.53. The van der Waals surface area contributed by atoms with Crippen LogP contribution in [0.3, 0.4) is 0 Å². The van der Waals surface area contributed by atoms with Crippen molar-refractivity contribution < 1.29 is 4.74 Å². The second-order valence-corrected chi connectivity index (χ2v) is 8.24. The van der Waals surface area contributed by atoms with E-state index in [4.69, 9.17) is 27.9 Å². The highest BCUT2D eigenvalue weighted by atomic mass is 35.5. The second kappa shape index (κ2) is 9.63. The summed E-state index contributed by atoms with van der Waals surface area (Å²) in [7, 11) is 0. The minimum atomic E-state index is 0.339. The number of fused-ring (bicyclic) bond motifs is 2. The summed E-state index contributed by atoms with van der Waals surface area (Å²) in [5.41, 5.74) is 6.82. The molecule has 6 nitrogen and oxygen atoms in total. The zero-order valence-corrected chi connectivity index (χ0v) is 19.7. The van der Waals surface area contributed by atoms with Crippen molar-refractivity contribution >= 4 is 57.2 Å². The third-order valence-electron chi connectivity index (χ3n) is 5.15. The number of rotatable bonds is 6. The zero-order valence-electron chi connectivity index (χ0n) is 18.2. The molecule has 3 aromatic carbocycles. The number of aromatic nitrogens is 3. The predicted octanol–water partition coefficient (Wildman–Crippen LogP) is 7.00. The van der Waals surface area contributed by atoms with Gasteiger partial charge in [-0.2, -0.15) is 5.10 Å². The Morgan fingerprint density at radius 1 is 0.912 bits per heavy atom. The minimum Gasteiger partial charge on any atom is -0.494 e. The van der Waals surface area contributed by atoms with E-state index in [0.717, 1.165) is 38.8 Å². The summed E-state index contributed by atoms with van der Waals surface area (Å²) in [5, 5.41) is 7.07. The van der Waals surface area contributed by atoms with Crippen molar-refractivity contribution in [1.29, 1.82) is 0 Å². The maximum absolute atomic E-state index is 6.40. The van der Waals surface area contributed by atoms with E-state index in [-0.39, 0.29) is 0 Å². The Morgan fingerprint density at radius 3 is 2.59 bits per heavy atom. The highest BCUT2D eigenvalue weighted by Gasteiger charge is 2.11. The summed E-state index contributed by atoms with van der Waals surface area (Å²) in [5.74, 6) is 1.11. The molecule has 0 spiro atoms. The number of nitrogens with one attached hydrogen (secondary N) is 1. The molecule has 0 aliphatic carbocycles. The molecule has 0 aliphatic rings. The topological polar surface area (TPSA) is 72.3 Å². The Hall–Kier alpha value is -3.74. The average Bonchev–Trinajstić information content (AvgIpc) is 2.85. The van der Waals surface area contributed by atoms with Crippen molar-refractivity contribution in [2.45, 2.75) is 6.92 Å². The Balaban J connectivity index is 1.46. The summed E-state index contributed by atoms with van der Waals surface area (Å²) in [4.78, 5) is 13.7. The molecule has 0 amide bonds. The van der Waals surface area contributed by atoms with Gasteiger partial charge in [0.1, 0.15) is 10.9 Å². The van der Waals surface area contributed by atoms with Crippen molar-refractivity contribution in [3.8, 4) is 17.0 Å². The molecule has 168 valence electrons. The number of anilines is 1. The van der Waals surface area contributed by atoms with Gasteiger partial charge in [0.2, 0.25) is 5.95 Å². The van der Waals surface area contributed by atoms with E-state index in [2.05, 4.69) is 25.5 Å². The van der Waals surface area contributed by atoms with Crippen molar-refractivity contribution in [1.82, 2.24) is 15.0 Å². The van der Waals surface area contributed by atoms with E-state index >= 15 is 0 Å². The molecule has 2 aromatic heterocycles. The first-order chi connectivity index (χ1) is 16.6. The smallest absolute Gasteiger partial charge is 0.244 e. The Bertz CT molecular complexity index is 1520. The van der Waals surface area contributed by atoms with Gasteiger partial charge >= 0.3 is 0 Å². The molecule has 0 aliphatic heterocycles. The van der Waals surface area contributed by atoms with E-state index in [1.54, 1.807) is 12.3 Å². The monoisotopic (exact) mass is 487 g/mol. The van der Waals surface area contributed by atoms with Gasteiger partial charge in [-0.25, -0.2) is 20.4 Å². The highest BCUT2D eigenvalue weighted by Crippen LogP contribution is 2.29. The lowest BCUT2D eigenvalue weighted by Crippen LogP contribution is -2.00. The van der Waals surface area contributed by atoms with Gasteiger partial charge in [-0.1, -0.05) is 53.5 Å². The standard InChI is InChI=1S/C26H19Cl2N5O/c1-2-34-20-10-8-17-12-18(25(28)30-23(17)14-20)15-29-33-26-31-22-11-9-19(27)13-21(22)24(32-26)16-6-4-3-5-7-16/h3-15H,2H2,1H3,(H,31,32,33)/b29-15-. The lowest BCUT2D eigenvalue weighted by atomic mass is 10.1. The van der Waals surface area contributed by atoms with Gasteiger partial charge in [-0.15, -0.1) is 0 Å². The summed E-state index contributed by atoms with van der Waals surface area (Å²) < 4.78 is 5.54. The molecule has 0 radical (unpaired) electrons. The van der Waals surface area contributed by atoms with Crippen molar-refractivity contribution in [3.63, 3.8) is 0 Å². The van der Waals surface area contributed by atoms with E-state index in [1.807, 2.05) is 73.7 Å². The summed E-state index contributed by atoms with van der Waals surface area (Å²) in [6, 6.07) is 23.0. The SMILES string of the molecule is CCOc1ccc2cc(/C=N\Nc3nc(-c4ccccc4)c4cc(Cl)ccc4n3)c(Cl)nc2c1. The van der Waals surface area contributed by atoms with E-state index in [9.17, 15) is 0 Å². The Morgan fingerprint density at radius 2 is 1.76 bits per heavy atom. The number of benzene rings is 3. The fourth-order valence-electron chi connectivity index (χ4n) is 3.61. The van der Waals surface area contributed by atoms with Crippen LogP contribution in [0.2, 0.25) is 10.2 Å². The van der Waals surface area contributed by atoms with Gasteiger partial charge in [0.25, 0.3) is 0 Å². The number of nitrogens with zero attached hydrogens (tertiary/aromatic N) is 4. The molecule has 34 heavy (non-hydrogen) atoms. The van der Waals surface area contributed by atoms with Crippen molar-refractivity contribution in [2.75, 3.05) is 12.0 Å². The normalized spacial score (nSPS) is 11.4. The third-order valence-corrected chi connectivity index (χ3v) is 5.69. The first-order valence-corrected chi connectivity index (χ1v) is 11.4. The van der Waals surface area contributed by atoms with Crippen LogP contribution in [-0.4, -0.2) is 27.8 Å². The molecule has 0 saturated carbocycles. The maximum Gasteiger partial charge on any atom is 0.244 e. The van der Waals surface area contributed by atoms with E-state index < -0.39 is 0 Å². The molecular formula is C26H19Cl2N5O. The molecule has 8 heteroatoms. The van der Waals surface area contributed by atoms with Gasteiger partial charge in [-0.3, -0.25) is 0 Å². The van der Waals surface area contributed by atoms with Gasteiger partial charge in [0.15, 0.2) is 0 Å². The van der Waals surface area contributed by atoms with E-state index in [1.165, 1.54) is 0 Å². The lowest BCUT2D eigenvalue weighted by Gasteiger charge is -2.09. The van der Waals surface area contributed by atoms with Crippen LogP contribution in [0.1, 0.15) is 12.5 Å². The molecule has 2 heterocycles. The van der Waals surface area contributed by atoms with Crippen LogP contribution in [0.5, 0.6) is 5.75 Å². The molecule has 1 N–H and O–H groups in total. The number of hydrazone groups is 1. The lowest BCUT2D eigenvalue weighted by molar-refractivity contribution is 0.340. The van der Waals surface area contributed by atoms with Crippen LogP contribution in [0, 0.1) is 0 Å². The van der Waals surface area contributed by atoms with Crippen LogP contribution in [0.15, 0.2) is 77.9 Å². The van der Waals surface area contributed by atoms with Gasteiger partial charge in [-0.05, 0) is 43.3 Å². The summed E-state index contributed by atoms with van der Waals surface area (Å²) in [6.07, 6.45) is 1.60. The van der Waals surface area contributed by atoms with Gasteiger partial charge in [0.05, 0.1) is 29.5 Å². The molecule has 0 saturated heterocycles. The Kier molecular flexibility index (Phi) is 6.25. The van der Waals surface area contributed by atoms with Gasteiger partial charge < -0.3 is 4.74 Å². The maximum atomic E-state index is 6.40. The van der Waals surface area contributed by atoms with Crippen LogP contribution >= 0.6 is 23.2 Å².